The second-order valence-electron chi connectivity index (χ2n) is 2.18. The number of halogens is 1. The van der Waals surface area contributed by atoms with Crippen LogP contribution in [0.1, 0.15) is 12.8 Å². The number of aldehydes is 1. The Morgan fingerprint density at radius 2 is 2.09 bits per heavy atom. The molecule has 4 nitrogen and oxygen atoms in total. The fourth-order valence-electron chi connectivity index (χ4n) is 0.560. The zero-order valence-corrected chi connectivity index (χ0v) is 6.71. The maximum Gasteiger partial charge on any atom is 0.325 e. The smallest absolute Gasteiger partial charge is 0.324 e. The van der Waals surface area contributed by atoms with Gasteiger partial charge in [0.2, 0.25) is 0 Å². The average molecular weight is 184 g/mol. The monoisotopic (exact) mass is 184 g/mol. The molecule has 0 amide bonds. The molecule has 0 rings (SSSR count). The minimum Gasteiger partial charge on any atom is -0.324 e. The van der Waals surface area contributed by atoms with Crippen molar-refractivity contribution >= 4 is 13.9 Å². The maximum absolute atomic E-state index is 12.1. The van der Waals surface area contributed by atoms with Crippen molar-refractivity contribution < 1.29 is 23.5 Å². The van der Waals surface area contributed by atoms with E-state index in [4.69, 9.17) is 9.79 Å². The highest BCUT2D eigenvalue weighted by Gasteiger charge is 2.13. The number of hydrogen-bond acceptors (Lipinski definition) is 2. The Kier molecular flexibility index (Phi) is 4.49. The van der Waals surface area contributed by atoms with Crippen LogP contribution in [0.2, 0.25) is 0 Å². The first-order chi connectivity index (χ1) is 4.95. The van der Waals surface area contributed by atoms with Crippen molar-refractivity contribution in [2.24, 2.45) is 0 Å². The van der Waals surface area contributed by atoms with Gasteiger partial charge in [-0.3, -0.25) is 4.57 Å². The van der Waals surface area contributed by atoms with Gasteiger partial charge in [-0.05, 0) is 12.8 Å². The minimum atomic E-state index is -4.02. The van der Waals surface area contributed by atoms with Crippen LogP contribution < -0.4 is 0 Å². The third-order valence-electron chi connectivity index (χ3n) is 1.08. The highest BCUT2D eigenvalue weighted by molar-refractivity contribution is 7.51. The largest absolute Gasteiger partial charge is 0.325 e. The van der Waals surface area contributed by atoms with Crippen LogP contribution in [0.5, 0.6) is 0 Å². The molecule has 2 N–H and O–H groups in total. The Bertz CT molecular complexity index is 166. The van der Waals surface area contributed by atoms with Gasteiger partial charge in [-0.15, -0.1) is 0 Å². The van der Waals surface area contributed by atoms with E-state index in [1.165, 1.54) is 0 Å². The number of rotatable bonds is 5. The van der Waals surface area contributed by atoms with E-state index >= 15 is 0 Å². The van der Waals surface area contributed by atoms with Crippen molar-refractivity contribution in [1.29, 1.82) is 0 Å². The molecule has 0 spiro atoms. The molecule has 0 aliphatic rings. The molecule has 0 heterocycles. The van der Waals surface area contributed by atoms with Crippen LogP contribution in [0, 0.1) is 0 Å². The predicted octanol–water partition coefficient (Wildman–Crippen LogP) is 0.481. The maximum atomic E-state index is 12.1. The van der Waals surface area contributed by atoms with Gasteiger partial charge in [0.05, 0.1) is 0 Å². The summed E-state index contributed by atoms with van der Waals surface area (Å²) in [6.07, 6.45) is -1.92. The molecule has 0 aliphatic carbocycles. The molecule has 6 heteroatoms. The van der Waals surface area contributed by atoms with Crippen LogP contribution in [-0.2, 0) is 9.36 Å². The second-order valence-corrected chi connectivity index (χ2v) is 3.96. The van der Waals surface area contributed by atoms with Crippen LogP contribution in [0.25, 0.3) is 0 Å². The Morgan fingerprint density at radius 3 is 2.45 bits per heavy atom. The molecule has 0 saturated heterocycles. The van der Waals surface area contributed by atoms with Gasteiger partial charge < -0.3 is 14.6 Å². The van der Waals surface area contributed by atoms with E-state index in [2.05, 4.69) is 0 Å². The van der Waals surface area contributed by atoms with E-state index in [0.29, 0.717) is 0 Å². The number of carbonyl (C=O) groups is 1. The quantitative estimate of drug-likeness (QED) is 0.481. The first kappa shape index (κ1) is 10.8. The van der Waals surface area contributed by atoms with Gasteiger partial charge in [0.1, 0.15) is 0 Å². The second kappa shape index (κ2) is 4.59. The van der Waals surface area contributed by atoms with E-state index in [0.717, 1.165) is 0 Å². The summed E-state index contributed by atoms with van der Waals surface area (Å²) >= 11 is 0. The van der Waals surface area contributed by atoms with E-state index in [1.807, 2.05) is 0 Å². The number of alkyl halides is 1. The van der Waals surface area contributed by atoms with Gasteiger partial charge in [0.15, 0.2) is 12.5 Å². The molecule has 66 valence electrons. The van der Waals surface area contributed by atoms with Gasteiger partial charge in [0, 0.05) is 6.16 Å². The van der Waals surface area contributed by atoms with Gasteiger partial charge in [-0.2, -0.15) is 0 Å². The molecule has 11 heavy (non-hydrogen) atoms. The summed E-state index contributed by atoms with van der Waals surface area (Å²) in [4.78, 5) is 26.3. The van der Waals surface area contributed by atoms with Gasteiger partial charge >= 0.3 is 7.60 Å². The average Bonchev–Trinajstić information content (AvgIpc) is 1.85. The van der Waals surface area contributed by atoms with Crippen LogP contribution >= 0.6 is 7.60 Å². The molecule has 0 radical (unpaired) electrons. The summed E-state index contributed by atoms with van der Waals surface area (Å²) < 4.78 is 22.3. The molecule has 0 unspecified atom stereocenters. The van der Waals surface area contributed by atoms with Crippen molar-refractivity contribution in [1.82, 2.24) is 0 Å². The first-order valence-electron chi connectivity index (χ1n) is 3.09. The SMILES string of the molecule is O=C[C@@H](F)CCCP(=O)(O)O. The highest BCUT2D eigenvalue weighted by Crippen LogP contribution is 2.35. The zero-order valence-electron chi connectivity index (χ0n) is 5.81. The van der Waals surface area contributed by atoms with Crippen molar-refractivity contribution in [2.45, 2.75) is 19.0 Å². The van der Waals surface area contributed by atoms with Crippen molar-refractivity contribution in [2.75, 3.05) is 6.16 Å². The van der Waals surface area contributed by atoms with Gasteiger partial charge in [0.25, 0.3) is 0 Å². The zero-order chi connectivity index (χ0) is 8.91. The van der Waals surface area contributed by atoms with E-state index in [9.17, 15) is 13.8 Å². The molecule has 0 aromatic heterocycles. The van der Waals surface area contributed by atoms with Crippen LogP contribution in [0.3, 0.4) is 0 Å². The lowest BCUT2D eigenvalue weighted by molar-refractivity contribution is -0.112. The Morgan fingerprint density at radius 1 is 1.55 bits per heavy atom. The summed E-state index contributed by atoms with van der Waals surface area (Å²) in [5.74, 6) is 0. The minimum absolute atomic E-state index is 0.0319. The topological polar surface area (TPSA) is 74.6 Å². The van der Waals surface area contributed by atoms with E-state index in [1.54, 1.807) is 0 Å². The lowest BCUT2D eigenvalue weighted by atomic mass is 10.2. The fourth-order valence-corrected chi connectivity index (χ4v) is 1.15. The molecule has 1 atom stereocenters. The molecule has 0 aromatic carbocycles. The van der Waals surface area contributed by atoms with Crippen molar-refractivity contribution in [3.8, 4) is 0 Å². The third-order valence-corrected chi connectivity index (χ3v) is 1.98. The molecule has 0 bridgehead atoms. The van der Waals surface area contributed by atoms with Crippen molar-refractivity contribution in [3.63, 3.8) is 0 Å². The van der Waals surface area contributed by atoms with Crippen LogP contribution in [0.15, 0.2) is 0 Å². The van der Waals surface area contributed by atoms with Gasteiger partial charge in [-0.25, -0.2) is 4.39 Å². The lowest BCUT2D eigenvalue weighted by Crippen LogP contribution is -2.02. The summed E-state index contributed by atoms with van der Waals surface area (Å²) in [5, 5.41) is 0. The first-order valence-corrected chi connectivity index (χ1v) is 4.89. The summed E-state index contributed by atoms with van der Waals surface area (Å²) in [6.45, 7) is 0. The van der Waals surface area contributed by atoms with Gasteiger partial charge in [-0.1, -0.05) is 0 Å². The molecule has 0 saturated carbocycles. The van der Waals surface area contributed by atoms with Crippen molar-refractivity contribution in [3.05, 3.63) is 0 Å². The van der Waals surface area contributed by atoms with E-state index < -0.39 is 13.8 Å². The fraction of sp³-hybridized carbons (Fsp3) is 0.800. The van der Waals surface area contributed by atoms with Crippen LogP contribution in [-0.4, -0.2) is 28.4 Å². The molecular formula is C5H10FO4P. The molecule has 0 aromatic rings. The highest BCUT2D eigenvalue weighted by atomic mass is 31.2. The Labute approximate surface area is 63.6 Å². The number of carbonyl (C=O) groups excluding carboxylic acids is 1. The molecule has 0 fully saturated rings. The standard InChI is InChI=1S/C5H10FO4P/c6-5(4-7)2-1-3-11(8,9)10/h4-5H,1-3H2,(H2,8,9,10)/t5-/m0/s1. The summed E-state index contributed by atoms with van der Waals surface area (Å²) in [6, 6.07) is 0. The van der Waals surface area contributed by atoms with Crippen LogP contribution in [0.4, 0.5) is 4.39 Å². The Balaban J connectivity index is 3.42. The predicted molar refractivity (Wildman–Crippen MR) is 37.1 cm³/mol. The number of hydrogen-bond donors (Lipinski definition) is 2. The normalized spacial score (nSPS) is 14.5. The molecule has 0 aliphatic heterocycles. The van der Waals surface area contributed by atoms with E-state index in [-0.39, 0.29) is 25.3 Å². The lowest BCUT2D eigenvalue weighted by Gasteiger charge is -2.02. The summed E-state index contributed by atoms with van der Waals surface area (Å²) in [5.41, 5.74) is 0. The molecular weight excluding hydrogens is 174 g/mol. The Hall–Kier alpha value is -0.250. The summed E-state index contributed by atoms with van der Waals surface area (Å²) in [7, 11) is -4.02. The third kappa shape index (κ3) is 7.65.